The van der Waals surface area contributed by atoms with Gasteiger partial charge in [0.05, 0.1) is 11.5 Å². The fraction of sp³-hybridized carbons (Fsp3) is 0.364. The summed E-state index contributed by atoms with van der Waals surface area (Å²) < 4.78 is 10.9. The number of carbonyl (C=O) groups is 2. The van der Waals surface area contributed by atoms with Gasteiger partial charge >= 0.3 is 11.9 Å². The van der Waals surface area contributed by atoms with E-state index in [0.29, 0.717) is 23.0 Å². The second-order valence-electron chi connectivity index (χ2n) is 7.29. The van der Waals surface area contributed by atoms with Crippen LogP contribution in [0.2, 0.25) is 0 Å². The number of benzene rings is 2. The quantitative estimate of drug-likeness (QED) is 0.451. The van der Waals surface area contributed by atoms with Gasteiger partial charge < -0.3 is 9.47 Å². The molecule has 0 aliphatic heterocycles. The number of hydrogen-bond donors (Lipinski definition) is 0. The molecule has 27 heavy (non-hydrogen) atoms. The highest BCUT2D eigenvalue weighted by Crippen LogP contribution is 2.29. The van der Waals surface area contributed by atoms with Crippen LogP contribution in [0.3, 0.4) is 0 Å². The van der Waals surface area contributed by atoms with Gasteiger partial charge in [0.1, 0.15) is 11.5 Å². The highest BCUT2D eigenvalue weighted by Gasteiger charge is 2.26. The molecule has 0 spiro atoms. The molecule has 1 aliphatic rings. The molecule has 0 atom stereocenters. The average molecular weight is 383 g/mol. The molecule has 0 bridgehead atoms. The molecule has 0 aromatic heterocycles. The molecule has 1 fully saturated rings. The lowest BCUT2D eigenvalue weighted by Crippen LogP contribution is -2.24. The minimum Gasteiger partial charge on any atom is -0.426 e. The molecule has 4 nitrogen and oxygen atoms in total. The van der Waals surface area contributed by atoms with Gasteiger partial charge in [0.15, 0.2) is 0 Å². The molecule has 2 aromatic carbocycles. The van der Waals surface area contributed by atoms with Crippen molar-refractivity contribution in [3.63, 3.8) is 0 Å². The zero-order valence-electron chi connectivity index (χ0n) is 15.9. The number of rotatable bonds is 5. The van der Waals surface area contributed by atoms with E-state index in [1.54, 1.807) is 24.3 Å². The van der Waals surface area contributed by atoms with E-state index >= 15 is 0 Å². The Balaban J connectivity index is 1.55. The fourth-order valence-electron chi connectivity index (χ4n) is 3.31. The molecule has 0 N–H and O–H groups in total. The Labute approximate surface area is 163 Å². The minimum atomic E-state index is -0.423. The second-order valence-corrected chi connectivity index (χ2v) is 8.00. The summed E-state index contributed by atoms with van der Waals surface area (Å²) >= 11 is 0. The smallest absolute Gasteiger partial charge is 0.343 e. The summed E-state index contributed by atoms with van der Waals surface area (Å²) in [6.45, 7) is 2.22. The van der Waals surface area contributed by atoms with Gasteiger partial charge in [-0.1, -0.05) is 24.6 Å². The standard InChI is InChI=1S/C22H26O4Si/c1-15-2-6-17(7-3-15)21(23)26-20-12-8-18(9-13-20)22(24)25-19-10-4-16(14-27)5-11-19/h4-5,8-13,15,17H,2-3,6-7,14H2,1,27H3. The maximum absolute atomic E-state index is 12.3. The highest BCUT2D eigenvalue weighted by atomic mass is 28.1. The van der Waals surface area contributed by atoms with E-state index in [0.717, 1.165) is 42.0 Å². The molecular weight excluding hydrogens is 356 g/mol. The van der Waals surface area contributed by atoms with Gasteiger partial charge in [0.2, 0.25) is 0 Å². The van der Waals surface area contributed by atoms with Crippen molar-refractivity contribution in [2.24, 2.45) is 11.8 Å². The van der Waals surface area contributed by atoms with Gasteiger partial charge in [0, 0.05) is 10.2 Å². The van der Waals surface area contributed by atoms with Crippen molar-refractivity contribution in [3.05, 3.63) is 59.7 Å². The van der Waals surface area contributed by atoms with Crippen molar-refractivity contribution < 1.29 is 19.1 Å². The van der Waals surface area contributed by atoms with Gasteiger partial charge in [-0.25, -0.2) is 4.79 Å². The van der Waals surface area contributed by atoms with E-state index in [1.807, 2.05) is 24.3 Å². The second kappa shape index (κ2) is 9.00. The van der Waals surface area contributed by atoms with Crippen LogP contribution in [0.5, 0.6) is 11.5 Å². The molecule has 0 amide bonds. The predicted octanol–water partition coefficient (Wildman–Crippen LogP) is 3.50. The summed E-state index contributed by atoms with van der Waals surface area (Å²) in [5.41, 5.74) is 1.67. The van der Waals surface area contributed by atoms with E-state index in [2.05, 4.69) is 6.92 Å². The molecule has 0 heterocycles. The van der Waals surface area contributed by atoms with Crippen molar-refractivity contribution in [2.75, 3.05) is 0 Å². The first-order chi connectivity index (χ1) is 13.0. The van der Waals surface area contributed by atoms with Gasteiger partial charge in [-0.3, -0.25) is 4.79 Å². The zero-order valence-corrected chi connectivity index (χ0v) is 17.9. The van der Waals surface area contributed by atoms with Gasteiger partial charge in [0.25, 0.3) is 0 Å². The Morgan fingerprint density at radius 2 is 1.44 bits per heavy atom. The van der Waals surface area contributed by atoms with Gasteiger partial charge in [-0.15, -0.1) is 0 Å². The Kier molecular flexibility index (Phi) is 6.45. The summed E-state index contributed by atoms with van der Waals surface area (Å²) in [5.74, 6) is 1.08. The van der Waals surface area contributed by atoms with Crippen molar-refractivity contribution in [1.29, 1.82) is 0 Å². The normalized spacial score (nSPS) is 19.4. The van der Waals surface area contributed by atoms with E-state index in [-0.39, 0.29) is 11.9 Å². The van der Waals surface area contributed by atoms with Gasteiger partial charge in [-0.2, -0.15) is 0 Å². The number of esters is 2. The fourth-order valence-corrected chi connectivity index (χ4v) is 3.78. The predicted molar refractivity (Wildman–Crippen MR) is 108 cm³/mol. The van der Waals surface area contributed by atoms with Crippen LogP contribution in [0.25, 0.3) is 0 Å². The Bertz CT molecular complexity index is 775. The summed E-state index contributed by atoms with van der Waals surface area (Å²) in [5, 5.41) is 0. The lowest BCUT2D eigenvalue weighted by molar-refractivity contribution is -0.140. The molecule has 1 aliphatic carbocycles. The largest absolute Gasteiger partial charge is 0.426 e. The van der Waals surface area contributed by atoms with E-state index in [9.17, 15) is 9.59 Å². The van der Waals surface area contributed by atoms with Crippen molar-refractivity contribution in [1.82, 2.24) is 0 Å². The van der Waals surface area contributed by atoms with Crippen LogP contribution >= 0.6 is 0 Å². The third kappa shape index (κ3) is 5.29. The van der Waals surface area contributed by atoms with Gasteiger partial charge in [-0.05, 0) is 74.0 Å². The molecular formula is C22H26O4Si. The molecule has 0 saturated heterocycles. The topological polar surface area (TPSA) is 52.6 Å². The molecule has 5 heteroatoms. The number of ether oxygens (including phenoxy) is 2. The van der Waals surface area contributed by atoms with Crippen LogP contribution in [-0.2, 0) is 10.8 Å². The Hall–Kier alpha value is -2.40. The molecule has 1 saturated carbocycles. The monoisotopic (exact) mass is 382 g/mol. The summed E-state index contributed by atoms with van der Waals surface area (Å²) in [7, 11) is 1.11. The van der Waals surface area contributed by atoms with Crippen LogP contribution in [0.15, 0.2) is 48.5 Å². The number of carbonyl (C=O) groups excluding carboxylic acids is 2. The summed E-state index contributed by atoms with van der Waals surface area (Å²) in [6, 6.07) is 15.2. The lowest BCUT2D eigenvalue weighted by Gasteiger charge is -2.24. The molecule has 0 radical (unpaired) electrons. The van der Waals surface area contributed by atoms with Crippen molar-refractivity contribution in [3.8, 4) is 11.5 Å². The van der Waals surface area contributed by atoms with Crippen LogP contribution < -0.4 is 9.47 Å². The third-order valence-corrected chi connectivity index (χ3v) is 6.02. The first-order valence-electron chi connectivity index (χ1n) is 9.68. The molecule has 2 aromatic rings. The van der Waals surface area contributed by atoms with Crippen molar-refractivity contribution >= 4 is 22.2 Å². The average Bonchev–Trinajstić information content (AvgIpc) is 2.69. The maximum atomic E-state index is 12.3. The first kappa shape index (κ1) is 19.4. The van der Waals surface area contributed by atoms with E-state index in [4.69, 9.17) is 9.47 Å². The summed E-state index contributed by atoms with van der Waals surface area (Å²) in [6.07, 6.45) is 3.93. The van der Waals surface area contributed by atoms with E-state index < -0.39 is 5.97 Å². The Morgan fingerprint density at radius 3 is 2.04 bits per heavy atom. The summed E-state index contributed by atoms with van der Waals surface area (Å²) in [4.78, 5) is 24.5. The van der Waals surface area contributed by atoms with E-state index in [1.165, 1.54) is 5.56 Å². The third-order valence-electron chi connectivity index (χ3n) is 5.20. The zero-order chi connectivity index (χ0) is 19.2. The highest BCUT2D eigenvalue weighted by molar-refractivity contribution is 6.08. The van der Waals surface area contributed by atoms with Crippen LogP contribution in [0.4, 0.5) is 0 Å². The number of hydrogen-bond acceptors (Lipinski definition) is 4. The van der Waals surface area contributed by atoms with Crippen LogP contribution in [0.1, 0.15) is 48.5 Å². The van der Waals surface area contributed by atoms with Crippen molar-refractivity contribution in [2.45, 2.75) is 38.7 Å². The molecule has 3 rings (SSSR count). The maximum Gasteiger partial charge on any atom is 0.343 e. The Morgan fingerprint density at radius 1 is 0.889 bits per heavy atom. The molecule has 142 valence electrons. The first-order valence-corrected chi connectivity index (χ1v) is 11.1. The lowest BCUT2D eigenvalue weighted by atomic mass is 9.83. The molecule has 0 unspecified atom stereocenters. The minimum absolute atomic E-state index is 0.0143. The van der Waals surface area contributed by atoms with Crippen LogP contribution in [0, 0.1) is 11.8 Å². The SMILES string of the molecule is CC1CCC(C(=O)Oc2ccc(C(=O)Oc3ccc(C[SiH3])cc3)cc2)CC1. The van der Waals surface area contributed by atoms with Crippen LogP contribution in [-0.4, -0.2) is 22.2 Å².